The quantitative estimate of drug-likeness (QED) is 0.694. The molecule has 0 saturated heterocycles. The molecule has 7 heteroatoms. The van der Waals surface area contributed by atoms with Gasteiger partial charge in [0.2, 0.25) is 15.9 Å². The first-order chi connectivity index (χ1) is 10.8. The molecule has 0 aliphatic heterocycles. The van der Waals surface area contributed by atoms with Crippen LogP contribution in [0.2, 0.25) is 0 Å². The molecular weight excluding hydrogens is 316 g/mol. The van der Waals surface area contributed by atoms with Gasteiger partial charge in [-0.05, 0) is 24.0 Å². The third-order valence-corrected chi connectivity index (χ3v) is 4.49. The Hall–Kier alpha value is -1.60. The van der Waals surface area contributed by atoms with E-state index in [0.717, 1.165) is 16.1 Å². The number of anilines is 1. The van der Waals surface area contributed by atoms with Crippen LogP contribution in [0.3, 0.4) is 0 Å². The molecule has 23 heavy (non-hydrogen) atoms. The van der Waals surface area contributed by atoms with E-state index in [0.29, 0.717) is 25.3 Å². The zero-order chi connectivity index (χ0) is 17.5. The fourth-order valence-corrected chi connectivity index (χ4v) is 3.09. The van der Waals surface area contributed by atoms with Crippen molar-refractivity contribution in [1.29, 1.82) is 0 Å². The Morgan fingerprint density at radius 1 is 1.30 bits per heavy atom. The van der Waals surface area contributed by atoms with Crippen LogP contribution in [0.15, 0.2) is 24.3 Å². The van der Waals surface area contributed by atoms with E-state index in [1.54, 1.807) is 19.2 Å². The number of methoxy groups -OCH3 is 1. The van der Waals surface area contributed by atoms with Crippen molar-refractivity contribution in [1.82, 2.24) is 5.32 Å². The molecule has 1 aromatic rings. The summed E-state index contributed by atoms with van der Waals surface area (Å²) in [5, 5.41) is 2.71. The van der Waals surface area contributed by atoms with Crippen LogP contribution in [-0.4, -0.2) is 47.4 Å². The summed E-state index contributed by atoms with van der Waals surface area (Å²) in [5.74, 6) is -0.176. The number of sulfonamides is 1. The molecule has 0 saturated carbocycles. The van der Waals surface area contributed by atoms with Crippen LogP contribution in [0.5, 0.6) is 0 Å². The molecule has 0 aliphatic rings. The topological polar surface area (TPSA) is 75.7 Å². The number of para-hydroxylation sites is 1. The largest absolute Gasteiger partial charge is 0.385 e. The highest BCUT2D eigenvalue weighted by Crippen LogP contribution is 2.28. The summed E-state index contributed by atoms with van der Waals surface area (Å²) >= 11 is 0. The zero-order valence-electron chi connectivity index (χ0n) is 14.2. The lowest BCUT2D eigenvalue weighted by Gasteiger charge is -2.25. The number of hydrogen-bond acceptors (Lipinski definition) is 4. The molecule has 0 spiro atoms. The van der Waals surface area contributed by atoms with E-state index < -0.39 is 10.0 Å². The Kier molecular flexibility index (Phi) is 7.51. The van der Waals surface area contributed by atoms with Crippen LogP contribution in [0.1, 0.15) is 31.7 Å². The van der Waals surface area contributed by atoms with E-state index in [1.807, 2.05) is 26.0 Å². The summed E-state index contributed by atoms with van der Waals surface area (Å²) in [7, 11) is -1.96. The highest BCUT2D eigenvalue weighted by atomic mass is 32.2. The number of rotatable bonds is 9. The molecule has 0 radical (unpaired) electrons. The van der Waals surface area contributed by atoms with Gasteiger partial charge in [0.05, 0.1) is 11.9 Å². The number of carbonyl (C=O) groups is 1. The van der Waals surface area contributed by atoms with E-state index in [9.17, 15) is 13.2 Å². The minimum atomic E-state index is -3.56. The van der Waals surface area contributed by atoms with Gasteiger partial charge in [0, 0.05) is 20.3 Å². The number of carbonyl (C=O) groups excluding carboxylic acids is 1. The molecule has 1 amide bonds. The van der Waals surface area contributed by atoms with Gasteiger partial charge in [-0.1, -0.05) is 32.0 Å². The maximum Gasteiger partial charge on any atom is 0.240 e. The van der Waals surface area contributed by atoms with Gasteiger partial charge in [-0.3, -0.25) is 9.10 Å². The lowest BCUT2D eigenvalue weighted by atomic mass is 10.0. The Morgan fingerprint density at radius 2 is 1.96 bits per heavy atom. The molecule has 0 aromatic heterocycles. The zero-order valence-corrected chi connectivity index (χ0v) is 15.0. The normalized spacial score (nSPS) is 11.5. The van der Waals surface area contributed by atoms with Crippen molar-refractivity contribution in [2.24, 2.45) is 0 Å². The second-order valence-corrected chi connectivity index (χ2v) is 7.59. The Bertz CT molecular complexity index is 614. The van der Waals surface area contributed by atoms with Crippen molar-refractivity contribution in [3.8, 4) is 0 Å². The molecule has 0 fully saturated rings. The van der Waals surface area contributed by atoms with Crippen LogP contribution in [0.4, 0.5) is 5.69 Å². The van der Waals surface area contributed by atoms with Crippen LogP contribution in [-0.2, 0) is 19.6 Å². The molecular formula is C16H26N2O4S. The van der Waals surface area contributed by atoms with Crippen LogP contribution < -0.4 is 9.62 Å². The van der Waals surface area contributed by atoms with Gasteiger partial charge in [-0.2, -0.15) is 0 Å². The number of amides is 1. The third kappa shape index (κ3) is 6.19. The smallest absolute Gasteiger partial charge is 0.240 e. The summed E-state index contributed by atoms with van der Waals surface area (Å²) in [4.78, 5) is 12.1. The first kappa shape index (κ1) is 19.4. The van der Waals surface area contributed by atoms with Gasteiger partial charge in [0.15, 0.2) is 0 Å². The minimum Gasteiger partial charge on any atom is -0.385 e. The number of hydrogen-bond donors (Lipinski definition) is 1. The Balaban J connectivity index is 2.93. The average Bonchev–Trinajstić information content (AvgIpc) is 2.48. The van der Waals surface area contributed by atoms with E-state index >= 15 is 0 Å². The van der Waals surface area contributed by atoms with Crippen molar-refractivity contribution in [3.05, 3.63) is 29.8 Å². The van der Waals surface area contributed by atoms with E-state index in [4.69, 9.17) is 4.74 Å². The van der Waals surface area contributed by atoms with Gasteiger partial charge in [0.25, 0.3) is 0 Å². The molecule has 0 atom stereocenters. The first-order valence-corrected chi connectivity index (χ1v) is 9.44. The average molecular weight is 342 g/mol. The van der Waals surface area contributed by atoms with Gasteiger partial charge in [0.1, 0.15) is 6.54 Å². The molecule has 1 aromatic carbocycles. The van der Waals surface area contributed by atoms with Crippen LogP contribution >= 0.6 is 0 Å². The summed E-state index contributed by atoms with van der Waals surface area (Å²) in [6, 6.07) is 7.25. The summed E-state index contributed by atoms with van der Waals surface area (Å²) < 4.78 is 30.4. The number of benzene rings is 1. The number of ether oxygens (including phenoxy) is 1. The minimum absolute atomic E-state index is 0.153. The predicted octanol–water partition coefficient (Wildman–Crippen LogP) is 1.73. The highest BCUT2D eigenvalue weighted by Gasteiger charge is 2.23. The van der Waals surface area contributed by atoms with Crippen molar-refractivity contribution < 1.29 is 17.9 Å². The van der Waals surface area contributed by atoms with E-state index in [-0.39, 0.29) is 18.4 Å². The molecule has 0 aliphatic carbocycles. The van der Waals surface area contributed by atoms with Crippen LogP contribution in [0.25, 0.3) is 0 Å². The molecule has 1 N–H and O–H groups in total. The molecule has 130 valence electrons. The monoisotopic (exact) mass is 342 g/mol. The lowest BCUT2D eigenvalue weighted by Crippen LogP contribution is -2.41. The third-order valence-electron chi connectivity index (χ3n) is 3.36. The van der Waals surface area contributed by atoms with Crippen molar-refractivity contribution >= 4 is 21.6 Å². The molecule has 1 rings (SSSR count). The van der Waals surface area contributed by atoms with E-state index in [2.05, 4.69) is 5.32 Å². The second kappa shape index (κ2) is 8.88. The van der Waals surface area contributed by atoms with Gasteiger partial charge in [-0.25, -0.2) is 8.42 Å². The summed E-state index contributed by atoms with van der Waals surface area (Å²) in [6.45, 7) is 4.76. The van der Waals surface area contributed by atoms with Crippen LogP contribution in [0, 0.1) is 0 Å². The maximum absolute atomic E-state index is 12.1. The summed E-state index contributed by atoms with van der Waals surface area (Å²) in [6.07, 6.45) is 1.80. The molecule has 0 heterocycles. The molecule has 6 nitrogen and oxygen atoms in total. The van der Waals surface area contributed by atoms with E-state index in [1.165, 1.54) is 0 Å². The van der Waals surface area contributed by atoms with Gasteiger partial charge in [-0.15, -0.1) is 0 Å². The predicted molar refractivity (Wildman–Crippen MR) is 92.2 cm³/mol. The van der Waals surface area contributed by atoms with Crippen molar-refractivity contribution in [3.63, 3.8) is 0 Å². The van der Waals surface area contributed by atoms with Gasteiger partial charge >= 0.3 is 0 Å². The lowest BCUT2D eigenvalue weighted by molar-refractivity contribution is -0.119. The van der Waals surface area contributed by atoms with Crippen molar-refractivity contribution in [2.45, 2.75) is 26.2 Å². The second-order valence-electron chi connectivity index (χ2n) is 5.68. The summed E-state index contributed by atoms with van der Waals surface area (Å²) in [5.41, 5.74) is 1.45. The number of nitrogens with one attached hydrogen (secondary N) is 1. The highest BCUT2D eigenvalue weighted by molar-refractivity contribution is 7.92. The molecule has 0 unspecified atom stereocenters. The Labute approximate surface area is 138 Å². The standard InChI is InChI=1S/C16H26N2O4S/c1-13(2)14-8-5-6-9-15(14)18(23(4,20)21)12-16(19)17-10-7-11-22-3/h5-6,8-9,13H,7,10-12H2,1-4H3,(H,17,19). The number of nitrogens with zero attached hydrogens (tertiary/aromatic N) is 1. The van der Waals surface area contributed by atoms with Crippen molar-refractivity contribution in [2.75, 3.05) is 37.4 Å². The Morgan fingerprint density at radius 3 is 2.52 bits per heavy atom. The maximum atomic E-state index is 12.1. The SMILES string of the molecule is COCCCNC(=O)CN(c1ccccc1C(C)C)S(C)(=O)=O. The molecule has 0 bridgehead atoms. The fraction of sp³-hybridized carbons (Fsp3) is 0.562. The first-order valence-electron chi connectivity index (χ1n) is 7.59. The fourth-order valence-electron chi connectivity index (χ4n) is 2.21. The van der Waals surface area contributed by atoms with Gasteiger partial charge < -0.3 is 10.1 Å².